The maximum Gasteiger partial charge on any atom is 0.269 e. The monoisotopic (exact) mass is 542 g/mol. The molecule has 7 heteroatoms. The van der Waals surface area contributed by atoms with Crippen LogP contribution in [0.5, 0.6) is 5.88 Å². The van der Waals surface area contributed by atoms with Crippen LogP contribution in [0.3, 0.4) is 0 Å². The largest absolute Gasteiger partial charge is 0.588 e. The van der Waals surface area contributed by atoms with E-state index in [0.29, 0.717) is 29.4 Å². The van der Waals surface area contributed by atoms with Crippen LogP contribution in [0.25, 0.3) is 11.3 Å². The highest BCUT2D eigenvalue weighted by Gasteiger charge is 2.21. The molecule has 4 aromatic rings. The van der Waals surface area contributed by atoms with Crippen molar-refractivity contribution < 1.29 is 9.29 Å². The Hall–Kier alpha value is -3.39. The maximum atomic E-state index is 13.2. The van der Waals surface area contributed by atoms with E-state index in [1.54, 1.807) is 0 Å². The number of nitrogens with zero attached hydrogens (tertiary/aromatic N) is 2. The molecule has 0 spiro atoms. The van der Waals surface area contributed by atoms with Crippen molar-refractivity contribution in [1.82, 2.24) is 9.97 Å². The van der Waals surface area contributed by atoms with E-state index < -0.39 is 11.4 Å². The smallest absolute Gasteiger partial charge is 0.269 e. The van der Waals surface area contributed by atoms with Crippen molar-refractivity contribution in [2.45, 2.75) is 64.4 Å². The Labute approximate surface area is 235 Å². The van der Waals surface area contributed by atoms with Crippen LogP contribution in [-0.2, 0) is 16.8 Å². The van der Waals surface area contributed by atoms with E-state index in [1.165, 1.54) is 5.56 Å². The van der Waals surface area contributed by atoms with Crippen molar-refractivity contribution >= 4 is 17.3 Å². The highest BCUT2D eigenvalue weighted by molar-refractivity contribution is 7.92. The van der Waals surface area contributed by atoms with E-state index in [4.69, 9.17) is 15.5 Å². The van der Waals surface area contributed by atoms with Gasteiger partial charge in [-0.25, -0.2) is 4.98 Å². The van der Waals surface area contributed by atoms with Gasteiger partial charge < -0.3 is 15.0 Å². The molecular weight excluding hydrogens is 504 g/mol. The first kappa shape index (κ1) is 28.6. The summed E-state index contributed by atoms with van der Waals surface area (Å²) in [4.78, 5) is 10.0. The van der Waals surface area contributed by atoms with Gasteiger partial charge in [0.05, 0.1) is 5.69 Å². The van der Waals surface area contributed by atoms with E-state index in [1.807, 2.05) is 43.3 Å². The Morgan fingerprint density at radius 1 is 0.923 bits per heavy atom. The van der Waals surface area contributed by atoms with Crippen LogP contribution in [0.15, 0.2) is 77.7 Å². The molecule has 0 aliphatic heterocycles. The average Bonchev–Trinajstić information content (AvgIpc) is 2.88. The lowest BCUT2D eigenvalue weighted by Crippen LogP contribution is -2.18. The molecular formula is C32H38N4O2S. The summed E-state index contributed by atoms with van der Waals surface area (Å²) < 4.78 is 22.7. The predicted molar refractivity (Wildman–Crippen MR) is 160 cm³/mol. The Morgan fingerprint density at radius 2 is 1.59 bits per heavy atom. The van der Waals surface area contributed by atoms with Gasteiger partial charge in [0.25, 0.3) is 5.95 Å². The zero-order valence-electron chi connectivity index (χ0n) is 23.6. The minimum absolute atomic E-state index is 0.0588. The lowest BCUT2D eigenvalue weighted by atomic mass is 9.86. The summed E-state index contributed by atoms with van der Waals surface area (Å²) in [7, 11) is 0. The van der Waals surface area contributed by atoms with Crippen molar-refractivity contribution in [3.8, 4) is 17.1 Å². The molecule has 1 heterocycles. The molecule has 0 fully saturated rings. The number of hydrogen-bond donors (Lipinski definition) is 2. The molecule has 2 unspecified atom stereocenters. The van der Waals surface area contributed by atoms with Crippen molar-refractivity contribution in [3.63, 3.8) is 0 Å². The zero-order valence-corrected chi connectivity index (χ0v) is 24.4. The van der Waals surface area contributed by atoms with Gasteiger partial charge >= 0.3 is 0 Å². The lowest BCUT2D eigenvalue weighted by molar-refractivity contribution is 0.189. The number of aryl methyl sites for hydroxylation is 3. The summed E-state index contributed by atoms with van der Waals surface area (Å²) in [5, 5.41) is 0. The molecule has 39 heavy (non-hydrogen) atoms. The molecule has 2 atom stereocenters. The number of anilines is 1. The van der Waals surface area contributed by atoms with E-state index >= 15 is 0 Å². The molecule has 0 saturated heterocycles. The van der Waals surface area contributed by atoms with Crippen molar-refractivity contribution in [3.05, 3.63) is 101 Å². The average molecular weight is 543 g/mol. The summed E-state index contributed by atoms with van der Waals surface area (Å²) in [6.07, 6.45) is 0.329. The fraction of sp³-hybridized carbons (Fsp3) is 0.312. The van der Waals surface area contributed by atoms with E-state index in [9.17, 15) is 4.55 Å². The van der Waals surface area contributed by atoms with Gasteiger partial charge in [-0.05, 0) is 72.7 Å². The van der Waals surface area contributed by atoms with Gasteiger partial charge in [-0.3, -0.25) is 0 Å². The van der Waals surface area contributed by atoms with Crippen LogP contribution >= 0.6 is 0 Å². The minimum Gasteiger partial charge on any atom is -0.588 e. The van der Waals surface area contributed by atoms with Crippen LogP contribution in [-0.4, -0.2) is 21.1 Å². The molecule has 4 rings (SSSR count). The topological polar surface area (TPSA) is 96.1 Å². The molecule has 204 valence electrons. The fourth-order valence-electron chi connectivity index (χ4n) is 4.54. The number of ether oxygens (including phenoxy) is 1. The number of hydrogen-bond acceptors (Lipinski definition) is 6. The SMILES string of the molecule is Cc1cccc([S+]([O-])Nc2nc(OC(CCN)c3ccc(C(C)(C)C)cc3)cc(-c3c(C)cccc3C)n2)c1. The molecule has 0 aliphatic rings. The van der Waals surface area contributed by atoms with Gasteiger partial charge in [-0.15, -0.1) is 0 Å². The first-order valence-electron chi connectivity index (χ1n) is 13.2. The summed E-state index contributed by atoms with van der Waals surface area (Å²) in [5.74, 6) is 0.629. The number of nitrogens with two attached hydrogens (primary N) is 1. The zero-order chi connectivity index (χ0) is 28.2. The second kappa shape index (κ2) is 12.2. The van der Waals surface area contributed by atoms with Gasteiger partial charge in [0, 0.05) is 18.1 Å². The van der Waals surface area contributed by atoms with Crippen molar-refractivity contribution in [1.29, 1.82) is 0 Å². The van der Waals surface area contributed by atoms with Gasteiger partial charge in [-0.1, -0.05) is 75.4 Å². The molecule has 0 aliphatic carbocycles. The molecule has 0 saturated carbocycles. The summed E-state index contributed by atoms with van der Waals surface area (Å²) in [6, 6.07) is 24.0. The van der Waals surface area contributed by atoms with E-state index in [0.717, 1.165) is 27.8 Å². The Kier molecular flexibility index (Phi) is 8.95. The Balaban J connectivity index is 1.72. The molecule has 0 amide bonds. The minimum atomic E-state index is -1.54. The third-order valence-corrected chi connectivity index (χ3v) is 7.72. The fourth-order valence-corrected chi connectivity index (χ4v) is 5.41. The van der Waals surface area contributed by atoms with Crippen molar-refractivity contribution in [2.24, 2.45) is 5.73 Å². The normalized spacial score (nSPS) is 13.1. The predicted octanol–water partition coefficient (Wildman–Crippen LogP) is 6.97. The molecule has 1 aromatic heterocycles. The molecule has 6 nitrogen and oxygen atoms in total. The Bertz CT molecular complexity index is 1400. The van der Waals surface area contributed by atoms with Gasteiger partial charge in [0.1, 0.15) is 17.5 Å². The maximum absolute atomic E-state index is 13.2. The number of benzene rings is 3. The third-order valence-electron chi connectivity index (χ3n) is 6.67. The van der Waals surface area contributed by atoms with Crippen LogP contribution < -0.4 is 15.2 Å². The molecule has 3 aromatic carbocycles. The van der Waals surface area contributed by atoms with Gasteiger partial charge in [-0.2, -0.15) is 9.71 Å². The Morgan fingerprint density at radius 3 is 2.21 bits per heavy atom. The van der Waals surface area contributed by atoms with Crippen LogP contribution in [0.2, 0.25) is 0 Å². The van der Waals surface area contributed by atoms with Crippen LogP contribution in [0, 0.1) is 20.8 Å². The first-order chi connectivity index (χ1) is 18.5. The number of aromatic nitrogens is 2. The van der Waals surface area contributed by atoms with Crippen LogP contribution in [0.1, 0.15) is 61.1 Å². The molecule has 0 bridgehead atoms. The van der Waals surface area contributed by atoms with Gasteiger partial charge in [0.2, 0.25) is 5.88 Å². The van der Waals surface area contributed by atoms with E-state index in [2.05, 4.69) is 80.7 Å². The number of nitrogens with one attached hydrogen (secondary N) is 1. The summed E-state index contributed by atoms with van der Waals surface area (Å²) >= 11 is -1.54. The quantitative estimate of drug-likeness (QED) is 0.222. The summed E-state index contributed by atoms with van der Waals surface area (Å²) in [5.41, 5.74) is 13.2. The third kappa shape index (κ3) is 7.18. The van der Waals surface area contributed by atoms with Crippen LogP contribution in [0.4, 0.5) is 5.95 Å². The molecule has 3 N–H and O–H groups in total. The lowest BCUT2D eigenvalue weighted by Gasteiger charge is -2.22. The second-order valence-corrected chi connectivity index (χ2v) is 12.1. The van der Waals surface area contributed by atoms with Gasteiger partial charge in [0.15, 0.2) is 4.90 Å². The second-order valence-electron chi connectivity index (χ2n) is 10.9. The summed E-state index contributed by atoms with van der Waals surface area (Å²) in [6.45, 7) is 13.1. The number of rotatable bonds is 9. The highest BCUT2D eigenvalue weighted by atomic mass is 32.2. The highest BCUT2D eigenvalue weighted by Crippen LogP contribution is 2.32. The van der Waals surface area contributed by atoms with Crippen molar-refractivity contribution in [2.75, 3.05) is 11.3 Å². The first-order valence-corrected chi connectivity index (χ1v) is 14.4. The van der Waals surface area contributed by atoms with E-state index in [-0.39, 0.29) is 17.5 Å². The standard InChI is InChI=1S/C32H38N4O2S/c1-21-9-7-12-26(19-21)39(37)36-31-34-27(30-22(2)10-8-11-23(30)3)20-29(35-31)38-28(17-18-33)24-13-15-25(16-14-24)32(4,5)6/h7-16,19-20,28H,17-18,33H2,1-6H3,(H,34,35,36). The molecule has 0 radical (unpaired) electrons.